The summed E-state index contributed by atoms with van der Waals surface area (Å²) in [7, 11) is -4.38. The van der Waals surface area contributed by atoms with Crippen molar-refractivity contribution in [3.63, 3.8) is 0 Å². The SMILES string of the molecule is O=P(O)(O)OOP(O)(O)=[S+]c1ccccc1. The third kappa shape index (κ3) is 5.81. The van der Waals surface area contributed by atoms with Gasteiger partial charge in [0.1, 0.15) is 0 Å². The molecule has 1 rings (SSSR count). The fraction of sp³-hybridized carbons (Fsp3) is 0. The first-order valence-corrected chi connectivity index (χ1v) is 8.38. The van der Waals surface area contributed by atoms with Crippen LogP contribution in [0.2, 0.25) is 0 Å². The smallest absolute Gasteiger partial charge is 0.301 e. The van der Waals surface area contributed by atoms with Gasteiger partial charge in [0, 0.05) is 12.1 Å². The van der Waals surface area contributed by atoms with Crippen molar-refractivity contribution < 1.29 is 33.5 Å². The molecule has 16 heavy (non-hydrogen) atoms. The number of rotatable bonds is 4. The van der Waals surface area contributed by atoms with Crippen molar-refractivity contribution in [2.24, 2.45) is 0 Å². The van der Waals surface area contributed by atoms with Gasteiger partial charge >= 0.3 is 14.5 Å². The van der Waals surface area contributed by atoms with Crippen LogP contribution < -0.4 is 0 Å². The van der Waals surface area contributed by atoms with E-state index < -0.39 is 14.5 Å². The molecular formula is C6H9O7P2S+. The summed E-state index contributed by atoms with van der Waals surface area (Å²) in [5, 5.41) is 0. The summed E-state index contributed by atoms with van der Waals surface area (Å²) < 4.78 is 17.7. The van der Waals surface area contributed by atoms with Gasteiger partial charge in [-0.25, -0.2) is 4.57 Å². The van der Waals surface area contributed by atoms with E-state index >= 15 is 0 Å². The molecule has 0 amide bonds. The first-order valence-electron chi connectivity index (χ1n) is 3.81. The molecule has 0 spiro atoms. The molecule has 90 valence electrons. The van der Waals surface area contributed by atoms with Gasteiger partial charge in [0.15, 0.2) is 0 Å². The monoisotopic (exact) mass is 287 g/mol. The summed E-state index contributed by atoms with van der Waals surface area (Å²) >= 11 is 0. The molecule has 0 heterocycles. The van der Waals surface area contributed by atoms with E-state index in [9.17, 15) is 14.4 Å². The van der Waals surface area contributed by atoms with Gasteiger partial charge in [-0.2, -0.15) is 0 Å². The maximum absolute atomic E-state index is 10.3. The van der Waals surface area contributed by atoms with Crippen LogP contribution in [0.1, 0.15) is 0 Å². The van der Waals surface area contributed by atoms with Gasteiger partial charge in [-0.1, -0.05) is 18.2 Å². The van der Waals surface area contributed by atoms with E-state index in [2.05, 4.69) is 9.35 Å². The molecule has 7 nitrogen and oxygen atoms in total. The van der Waals surface area contributed by atoms with Gasteiger partial charge in [-0.05, 0) is 0 Å². The van der Waals surface area contributed by atoms with Crippen molar-refractivity contribution in [2.75, 3.05) is 0 Å². The third-order valence-electron chi connectivity index (χ3n) is 1.20. The lowest BCUT2D eigenvalue weighted by Gasteiger charge is -2.02. The van der Waals surface area contributed by atoms with Crippen LogP contribution in [0.15, 0.2) is 35.2 Å². The third-order valence-corrected chi connectivity index (χ3v) is 4.10. The molecule has 0 aliphatic heterocycles. The van der Waals surface area contributed by atoms with Crippen LogP contribution in [0, 0.1) is 0 Å². The Bertz CT molecular complexity index is 435. The standard InChI is InChI=1S/C6H8O7P2S/c7-14(8,9)12-13-15(10,11)16-6-4-2-1-3-5-6/h1-5H,(H3-,7,8,9,10,11)/p+1. The normalized spacial score (nSPS) is 12.5. The molecule has 0 unspecified atom stereocenters. The van der Waals surface area contributed by atoms with Crippen LogP contribution in [0.4, 0.5) is 0 Å². The summed E-state index contributed by atoms with van der Waals surface area (Å²) in [5.74, 6) is 0. The van der Waals surface area contributed by atoms with E-state index in [1.165, 1.54) is 0 Å². The Morgan fingerprint density at radius 2 is 1.56 bits per heavy atom. The number of hydrogen-bond donors (Lipinski definition) is 4. The predicted octanol–water partition coefficient (Wildman–Crippen LogP) is 0.831. The fourth-order valence-electron chi connectivity index (χ4n) is 0.721. The van der Waals surface area contributed by atoms with E-state index in [1.54, 1.807) is 30.3 Å². The Morgan fingerprint density at radius 3 is 2.06 bits per heavy atom. The lowest BCUT2D eigenvalue weighted by atomic mass is 10.4. The molecule has 1 aromatic carbocycles. The average molecular weight is 287 g/mol. The van der Waals surface area contributed by atoms with Crippen LogP contribution in [0.5, 0.6) is 0 Å². The summed E-state index contributed by atoms with van der Waals surface area (Å²) in [6, 6.07) is 8.20. The second-order valence-electron chi connectivity index (χ2n) is 2.53. The highest BCUT2D eigenvalue weighted by Gasteiger charge is 2.32. The molecule has 1 aromatic rings. The molecule has 4 N–H and O–H groups in total. The highest BCUT2D eigenvalue weighted by molar-refractivity contribution is 8.16. The minimum atomic E-state index is -4.89. The van der Waals surface area contributed by atoms with Crippen LogP contribution in [0.3, 0.4) is 0 Å². The Kier molecular flexibility index (Phi) is 4.75. The number of phosphoric acid groups is 1. The minimum Gasteiger partial charge on any atom is -0.301 e. The molecule has 0 atom stereocenters. The Balaban J connectivity index is 2.78. The molecule has 0 aromatic heterocycles. The maximum Gasteiger partial charge on any atom is 0.552 e. The van der Waals surface area contributed by atoms with Crippen molar-refractivity contribution in [1.29, 1.82) is 0 Å². The summed E-state index contributed by atoms with van der Waals surface area (Å²) in [4.78, 5) is 35.6. The van der Waals surface area contributed by atoms with Gasteiger partial charge in [-0.15, -0.1) is 9.35 Å². The first kappa shape index (κ1) is 13.9. The van der Waals surface area contributed by atoms with Gasteiger partial charge in [0.05, 0.1) is 0 Å². The fourth-order valence-corrected chi connectivity index (χ4v) is 3.52. The minimum absolute atomic E-state index is 0.468. The Labute approximate surface area is 94.7 Å². The summed E-state index contributed by atoms with van der Waals surface area (Å²) in [5.41, 5.74) is 0. The molecule has 0 saturated carbocycles. The highest BCUT2D eigenvalue weighted by atomic mass is 32.5. The molecule has 10 heteroatoms. The summed E-state index contributed by atoms with van der Waals surface area (Å²) in [6.07, 6.45) is 0. The lowest BCUT2D eigenvalue weighted by Crippen LogP contribution is -1.91. The van der Waals surface area contributed by atoms with E-state index in [0.717, 1.165) is 0 Å². The zero-order chi connectivity index (χ0) is 12.2. The van der Waals surface area contributed by atoms with Crippen molar-refractivity contribution in [1.82, 2.24) is 0 Å². The Morgan fingerprint density at radius 1 is 1.00 bits per heavy atom. The molecular weight excluding hydrogens is 278 g/mol. The van der Waals surface area contributed by atoms with Crippen LogP contribution in [-0.4, -0.2) is 19.6 Å². The van der Waals surface area contributed by atoms with Crippen molar-refractivity contribution in [3.05, 3.63) is 30.3 Å². The van der Waals surface area contributed by atoms with Gasteiger partial charge in [0.25, 0.3) is 10.9 Å². The van der Waals surface area contributed by atoms with Crippen molar-refractivity contribution in [3.8, 4) is 0 Å². The van der Waals surface area contributed by atoms with Gasteiger partial charge in [0.2, 0.25) is 4.90 Å². The number of benzene rings is 1. The van der Waals surface area contributed by atoms with Crippen molar-refractivity contribution >= 4 is 25.5 Å². The summed E-state index contributed by atoms with van der Waals surface area (Å²) in [6.45, 7) is -4.06. The zero-order valence-corrected chi connectivity index (χ0v) is 10.3. The first-order chi connectivity index (χ1) is 7.29. The quantitative estimate of drug-likeness (QED) is 0.280. The van der Waals surface area contributed by atoms with E-state index in [4.69, 9.17) is 9.79 Å². The van der Waals surface area contributed by atoms with E-state index in [-0.39, 0.29) is 0 Å². The van der Waals surface area contributed by atoms with Gasteiger partial charge < -0.3 is 9.79 Å². The average Bonchev–Trinajstić information content (AvgIpc) is 2.15. The molecule has 0 fully saturated rings. The van der Waals surface area contributed by atoms with E-state index in [1.807, 2.05) is 0 Å². The van der Waals surface area contributed by atoms with E-state index in [0.29, 0.717) is 15.8 Å². The molecule has 0 bridgehead atoms. The lowest BCUT2D eigenvalue weighted by molar-refractivity contribution is -0.132. The second-order valence-corrected chi connectivity index (χ2v) is 7.42. The van der Waals surface area contributed by atoms with Crippen LogP contribution >= 0.6 is 14.5 Å². The van der Waals surface area contributed by atoms with Crippen LogP contribution in [-0.2, 0) is 24.9 Å². The van der Waals surface area contributed by atoms with Crippen LogP contribution in [0.25, 0.3) is 0 Å². The van der Waals surface area contributed by atoms with Gasteiger partial charge in [-0.3, -0.25) is 9.79 Å². The molecule has 0 radical (unpaired) electrons. The highest BCUT2D eigenvalue weighted by Crippen LogP contribution is 2.48. The topological polar surface area (TPSA) is 116 Å². The maximum atomic E-state index is 10.3. The number of hydrogen-bond acceptors (Lipinski definition) is 3. The van der Waals surface area contributed by atoms with Crippen molar-refractivity contribution in [2.45, 2.75) is 4.90 Å². The largest absolute Gasteiger partial charge is 0.552 e. The molecule has 0 aliphatic rings. The second kappa shape index (κ2) is 5.46. The molecule has 0 saturated heterocycles. The zero-order valence-electron chi connectivity index (χ0n) is 7.70. The predicted molar refractivity (Wildman–Crippen MR) is 57.6 cm³/mol. The molecule has 0 aliphatic carbocycles. The Hall–Kier alpha value is -0.140.